The number of nitrogens with one attached hydrogen (secondary N) is 1. The van der Waals surface area contributed by atoms with Gasteiger partial charge in [-0.3, -0.25) is 15.1 Å². The second-order valence-corrected chi connectivity index (χ2v) is 6.12. The molecule has 0 spiro atoms. The molecule has 3 rings (SSSR count). The van der Waals surface area contributed by atoms with Crippen LogP contribution in [-0.4, -0.2) is 15.9 Å². The van der Waals surface area contributed by atoms with Gasteiger partial charge < -0.3 is 0 Å². The Bertz CT molecular complexity index is 790. The molecule has 2 heterocycles. The van der Waals surface area contributed by atoms with Gasteiger partial charge in [-0.2, -0.15) is 0 Å². The predicted octanol–water partition coefficient (Wildman–Crippen LogP) is 4.07. The number of thiazole rings is 1. The van der Waals surface area contributed by atoms with E-state index in [1.165, 1.54) is 11.3 Å². The van der Waals surface area contributed by atoms with E-state index in [4.69, 9.17) is 0 Å². The fourth-order valence-electron chi connectivity index (χ4n) is 2.06. The van der Waals surface area contributed by atoms with Gasteiger partial charge in [0, 0.05) is 22.7 Å². The van der Waals surface area contributed by atoms with E-state index < -0.39 is 0 Å². The minimum absolute atomic E-state index is 0.177. The molecule has 1 amide bonds. The van der Waals surface area contributed by atoms with E-state index in [9.17, 15) is 4.79 Å². The van der Waals surface area contributed by atoms with Crippen LogP contribution < -0.4 is 5.32 Å². The van der Waals surface area contributed by atoms with E-state index in [2.05, 4.69) is 29.1 Å². The van der Waals surface area contributed by atoms with Crippen molar-refractivity contribution >= 4 is 33.3 Å². The molecule has 1 N–H and O–H groups in total. The number of aromatic nitrogens is 2. The smallest absolute Gasteiger partial charge is 0.259 e. The maximum Gasteiger partial charge on any atom is 0.259 e. The molecule has 0 aliphatic heterocycles. The van der Waals surface area contributed by atoms with Crippen LogP contribution in [0.25, 0.3) is 10.9 Å². The van der Waals surface area contributed by atoms with Gasteiger partial charge in [-0.25, -0.2) is 4.98 Å². The van der Waals surface area contributed by atoms with E-state index in [1.54, 1.807) is 12.3 Å². The number of benzene rings is 1. The first kappa shape index (κ1) is 13.7. The van der Waals surface area contributed by atoms with Crippen molar-refractivity contribution in [3.05, 3.63) is 53.2 Å². The van der Waals surface area contributed by atoms with Gasteiger partial charge >= 0.3 is 0 Å². The SMILES string of the molecule is CC(C)c1cnc(NC(=O)c2cccc3cccnc23)s1. The van der Waals surface area contributed by atoms with Crippen LogP contribution in [0.1, 0.15) is 35.0 Å². The fraction of sp³-hybridized carbons (Fsp3) is 0.188. The molecule has 2 aromatic heterocycles. The van der Waals surface area contributed by atoms with E-state index in [0.29, 0.717) is 22.1 Å². The van der Waals surface area contributed by atoms with Crippen molar-refractivity contribution in [3.63, 3.8) is 0 Å². The predicted molar refractivity (Wildman–Crippen MR) is 85.9 cm³/mol. The molecule has 0 saturated carbocycles. The van der Waals surface area contributed by atoms with Gasteiger partial charge in [0.05, 0.1) is 11.1 Å². The lowest BCUT2D eigenvalue weighted by molar-refractivity contribution is 0.102. The number of carbonyl (C=O) groups excluding carboxylic acids is 1. The summed E-state index contributed by atoms with van der Waals surface area (Å²) in [5, 5.41) is 4.43. The standard InChI is InChI=1S/C16H15N3OS/c1-10(2)13-9-18-16(21-13)19-15(20)12-7-3-5-11-6-4-8-17-14(11)12/h3-10H,1-2H3,(H,18,19,20). The third kappa shape index (κ3) is 2.78. The van der Waals surface area contributed by atoms with Crippen LogP contribution in [0.3, 0.4) is 0 Å². The molecular weight excluding hydrogens is 282 g/mol. The summed E-state index contributed by atoms with van der Waals surface area (Å²) in [4.78, 5) is 22.1. The number of hydrogen-bond acceptors (Lipinski definition) is 4. The average molecular weight is 297 g/mol. The van der Waals surface area contributed by atoms with Crippen molar-refractivity contribution in [1.29, 1.82) is 0 Å². The number of nitrogens with zero attached hydrogens (tertiary/aromatic N) is 2. The van der Waals surface area contributed by atoms with E-state index >= 15 is 0 Å². The molecular formula is C16H15N3OS. The first-order chi connectivity index (χ1) is 10.1. The third-order valence-corrected chi connectivity index (χ3v) is 4.40. The highest BCUT2D eigenvalue weighted by molar-refractivity contribution is 7.15. The lowest BCUT2D eigenvalue weighted by atomic mass is 10.1. The topological polar surface area (TPSA) is 54.9 Å². The number of pyridine rings is 1. The van der Waals surface area contributed by atoms with Crippen molar-refractivity contribution in [2.24, 2.45) is 0 Å². The van der Waals surface area contributed by atoms with E-state index in [1.807, 2.05) is 30.5 Å². The van der Waals surface area contributed by atoms with Crippen LogP contribution in [0.4, 0.5) is 5.13 Å². The molecule has 3 aromatic rings. The van der Waals surface area contributed by atoms with Gasteiger partial charge in [0.2, 0.25) is 0 Å². The van der Waals surface area contributed by atoms with Crippen molar-refractivity contribution in [2.45, 2.75) is 19.8 Å². The van der Waals surface area contributed by atoms with Gasteiger partial charge in [0.25, 0.3) is 5.91 Å². The molecule has 5 heteroatoms. The number of rotatable bonds is 3. The Balaban J connectivity index is 1.90. The lowest BCUT2D eigenvalue weighted by Crippen LogP contribution is -2.12. The van der Waals surface area contributed by atoms with Crippen molar-refractivity contribution in [1.82, 2.24) is 9.97 Å². The number of hydrogen-bond donors (Lipinski definition) is 1. The number of anilines is 1. The molecule has 1 aromatic carbocycles. The van der Waals surface area contributed by atoms with Gasteiger partial charge in [0.15, 0.2) is 5.13 Å². The fourth-order valence-corrected chi connectivity index (χ4v) is 2.88. The highest BCUT2D eigenvalue weighted by Gasteiger charge is 2.13. The minimum Gasteiger partial charge on any atom is -0.298 e. The molecule has 0 unspecified atom stereocenters. The number of carbonyl (C=O) groups is 1. The largest absolute Gasteiger partial charge is 0.298 e. The summed E-state index contributed by atoms with van der Waals surface area (Å²) in [6.07, 6.45) is 3.51. The molecule has 0 aliphatic rings. The summed E-state index contributed by atoms with van der Waals surface area (Å²) in [6.45, 7) is 4.21. The zero-order valence-corrected chi connectivity index (χ0v) is 12.6. The summed E-state index contributed by atoms with van der Waals surface area (Å²) in [7, 11) is 0. The molecule has 0 atom stereocenters. The molecule has 0 aliphatic carbocycles. The third-order valence-electron chi connectivity index (χ3n) is 3.19. The first-order valence-electron chi connectivity index (χ1n) is 6.76. The van der Waals surface area contributed by atoms with Crippen molar-refractivity contribution in [3.8, 4) is 0 Å². The van der Waals surface area contributed by atoms with Crippen LogP contribution in [0.5, 0.6) is 0 Å². The molecule has 4 nitrogen and oxygen atoms in total. The molecule has 21 heavy (non-hydrogen) atoms. The molecule has 0 bridgehead atoms. The van der Waals surface area contributed by atoms with Crippen LogP contribution in [0, 0.1) is 0 Å². The minimum atomic E-state index is -0.177. The van der Waals surface area contributed by atoms with Crippen molar-refractivity contribution < 1.29 is 4.79 Å². The number of amides is 1. The highest BCUT2D eigenvalue weighted by Crippen LogP contribution is 2.26. The molecule has 0 fully saturated rings. The normalized spacial score (nSPS) is 11.0. The van der Waals surface area contributed by atoms with Gasteiger partial charge in [-0.15, -0.1) is 11.3 Å². The number of para-hydroxylation sites is 1. The molecule has 0 saturated heterocycles. The Kier molecular flexibility index (Phi) is 3.66. The number of fused-ring (bicyclic) bond motifs is 1. The van der Waals surface area contributed by atoms with Gasteiger partial charge in [-0.1, -0.05) is 32.0 Å². The second-order valence-electron chi connectivity index (χ2n) is 5.06. The second kappa shape index (κ2) is 5.61. The Hall–Kier alpha value is -2.27. The Morgan fingerprint density at radius 3 is 2.76 bits per heavy atom. The van der Waals surface area contributed by atoms with Gasteiger partial charge in [0.1, 0.15) is 0 Å². The summed E-state index contributed by atoms with van der Waals surface area (Å²) in [5.74, 6) is 0.233. The Labute approximate surface area is 126 Å². The monoisotopic (exact) mass is 297 g/mol. The summed E-state index contributed by atoms with van der Waals surface area (Å²) in [5.41, 5.74) is 1.27. The quantitative estimate of drug-likeness (QED) is 0.793. The Morgan fingerprint density at radius 1 is 1.19 bits per heavy atom. The zero-order chi connectivity index (χ0) is 14.8. The van der Waals surface area contributed by atoms with Crippen LogP contribution in [-0.2, 0) is 0 Å². The zero-order valence-electron chi connectivity index (χ0n) is 11.8. The lowest BCUT2D eigenvalue weighted by Gasteiger charge is -2.05. The molecule has 0 radical (unpaired) electrons. The maximum atomic E-state index is 12.4. The Morgan fingerprint density at radius 2 is 2.00 bits per heavy atom. The summed E-state index contributed by atoms with van der Waals surface area (Å²) in [6, 6.07) is 9.39. The average Bonchev–Trinajstić information content (AvgIpc) is 2.95. The van der Waals surface area contributed by atoms with Crippen LogP contribution >= 0.6 is 11.3 Å². The van der Waals surface area contributed by atoms with E-state index in [-0.39, 0.29) is 5.91 Å². The van der Waals surface area contributed by atoms with Crippen LogP contribution in [0.2, 0.25) is 0 Å². The molecule has 106 valence electrons. The summed E-state index contributed by atoms with van der Waals surface area (Å²) < 4.78 is 0. The van der Waals surface area contributed by atoms with Crippen LogP contribution in [0.15, 0.2) is 42.7 Å². The summed E-state index contributed by atoms with van der Waals surface area (Å²) >= 11 is 1.51. The van der Waals surface area contributed by atoms with Crippen molar-refractivity contribution in [2.75, 3.05) is 5.32 Å². The van der Waals surface area contributed by atoms with Gasteiger partial charge in [-0.05, 0) is 18.1 Å². The first-order valence-corrected chi connectivity index (χ1v) is 7.57. The maximum absolute atomic E-state index is 12.4. The van der Waals surface area contributed by atoms with E-state index in [0.717, 1.165) is 10.3 Å². The highest BCUT2D eigenvalue weighted by atomic mass is 32.1.